The summed E-state index contributed by atoms with van der Waals surface area (Å²) in [5, 5.41) is 0.884. The van der Waals surface area contributed by atoms with Crippen LogP contribution in [0.3, 0.4) is 0 Å². The van der Waals surface area contributed by atoms with Gasteiger partial charge in [-0.05, 0) is 49.2 Å². The van der Waals surface area contributed by atoms with E-state index in [9.17, 15) is 4.79 Å². The van der Waals surface area contributed by atoms with Crippen LogP contribution in [0.4, 0.5) is 0 Å². The number of piperidine rings is 1. The molecule has 1 aliphatic heterocycles. The number of amides is 1. The topological polar surface area (TPSA) is 68.5 Å². The van der Waals surface area contributed by atoms with Gasteiger partial charge in [-0.2, -0.15) is 0 Å². The normalized spacial score (nSPS) is 15.1. The van der Waals surface area contributed by atoms with Crippen molar-refractivity contribution >= 4 is 16.8 Å². The van der Waals surface area contributed by atoms with Gasteiger partial charge in [0.2, 0.25) is 0 Å². The number of para-hydroxylation sites is 1. The summed E-state index contributed by atoms with van der Waals surface area (Å²) in [7, 11) is 1.64. The number of benzene rings is 2. The smallest absolute Gasteiger partial charge is 0.254 e. The van der Waals surface area contributed by atoms with E-state index in [4.69, 9.17) is 15.5 Å². The molecular formula is C22H23N3O2. The predicted molar refractivity (Wildman–Crippen MR) is 107 cm³/mol. The van der Waals surface area contributed by atoms with Crippen molar-refractivity contribution in [1.82, 2.24) is 9.88 Å². The Kier molecular flexibility index (Phi) is 4.77. The van der Waals surface area contributed by atoms with Crippen LogP contribution in [0, 0.1) is 0 Å². The zero-order valence-electron chi connectivity index (χ0n) is 15.4. The molecule has 0 saturated carbocycles. The number of hydrogen-bond acceptors (Lipinski definition) is 4. The first-order valence-electron chi connectivity index (χ1n) is 9.25. The number of methoxy groups -OCH3 is 1. The van der Waals surface area contributed by atoms with Gasteiger partial charge in [0.05, 0.1) is 23.9 Å². The van der Waals surface area contributed by atoms with Crippen LogP contribution in [0.15, 0.2) is 54.6 Å². The molecule has 1 saturated heterocycles. The molecule has 0 spiro atoms. The number of nitrogens with two attached hydrogens (primary N) is 1. The summed E-state index contributed by atoms with van der Waals surface area (Å²) in [6.07, 6.45) is 1.69. The number of carbonyl (C=O) groups is 1. The molecule has 3 aromatic rings. The molecule has 138 valence electrons. The van der Waals surface area contributed by atoms with E-state index in [1.807, 2.05) is 59.5 Å². The fraction of sp³-hybridized carbons (Fsp3) is 0.273. The van der Waals surface area contributed by atoms with Crippen LogP contribution in [0.5, 0.6) is 5.75 Å². The second kappa shape index (κ2) is 7.37. The number of likely N-dealkylation sites (tertiary alicyclic amines) is 1. The molecule has 4 rings (SSSR count). The maximum Gasteiger partial charge on any atom is 0.254 e. The number of aromatic nitrogens is 1. The minimum absolute atomic E-state index is 0.0512. The number of rotatable bonds is 3. The van der Waals surface area contributed by atoms with E-state index < -0.39 is 0 Å². The first kappa shape index (κ1) is 17.5. The van der Waals surface area contributed by atoms with Crippen LogP contribution in [-0.2, 0) is 0 Å². The molecule has 1 aliphatic rings. The number of ether oxygens (including phenoxy) is 1. The van der Waals surface area contributed by atoms with E-state index in [-0.39, 0.29) is 11.9 Å². The van der Waals surface area contributed by atoms with Crippen LogP contribution in [-0.4, -0.2) is 42.0 Å². The highest BCUT2D eigenvalue weighted by Gasteiger charge is 2.24. The van der Waals surface area contributed by atoms with Crippen molar-refractivity contribution in [2.24, 2.45) is 5.73 Å². The Labute approximate surface area is 158 Å². The van der Waals surface area contributed by atoms with Gasteiger partial charge < -0.3 is 15.4 Å². The molecule has 2 N–H and O–H groups in total. The molecular weight excluding hydrogens is 338 g/mol. The average Bonchev–Trinajstić information content (AvgIpc) is 2.73. The molecule has 2 heterocycles. The van der Waals surface area contributed by atoms with Gasteiger partial charge in [0.25, 0.3) is 5.91 Å². The van der Waals surface area contributed by atoms with Crippen molar-refractivity contribution in [3.8, 4) is 17.0 Å². The fourth-order valence-corrected chi connectivity index (χ4v) is 3.53. The molecule has 2 aromatic carbocycles. The lowest BCUT2D eigenvalue weighted by atomic mass is 10.0. The molecule has 1 aromatic heterocycles. The Morgan fingerprint density at radius 2 is 1.81 bits per heavy atom. The zero-order chi connectivity index (χ0) is 18.8. The molecule has 1 amide bonds. The van der Waals surface area contributed by atoms with E-state index in [2.05, 4.69) is 0 Å². The van der Waals surface area contributed by atoms with E-state index in [0.29, 0.717) is 18.7 Å². The van der Waals surface area contributed by atoms with Crippen LogP contribution < -0.4 is 10.5 Å². The fourth-order valence-electron chi connectivity index (χ4n) is 3.53. The van der Waals surface area contributed by atoms with Crippen LogP contribution in [0.2, 0.25) is 0 Å². The number of fused-ring (bicyclic) bond motifs is 1. The minimum Gasteiger partial charge on any atom is -0.497 e. The van der Waals surface area contributed by atoms with Crippen molar-refractivity contribution in [3.05, 3.63) is 60.2 Å². The summed E-state index contributed by atoms with van der Waals surface area (Å²) in [4.78, 5) is 19.9. The summed E-state index contributed by atoms with van der Waals surface area (Å²) < 4.78 is 5.23. The third kappa shape index (κ3) is 3.51. The lowest BCUT2D eigenvalue weighted by Gasteiger charge is -2.30. The Morgan fingerprint density at radius 3 is 2.52 bits per heavy atom. The largest absolute Gasteiger partial charge is 0.497 e. The third-order valence-corrected chi connectivity index (χ3v) is 5.16. The first-order chi connectivity index (χ1) is 13.2. The highest BCUT2D eigenvalue weighted by Crippen LogP contribution is 2.27. The summed E-state index contributed by atoms with van der Waals surface area (Å²) in [5.74, 6) is 0.843. The van der Waals surface area contributed by atoms with Crippen molar-refractivity contribution in [1.29, 1.82) is 0 Å². The quantitative estimate of drug-likeness (QED) is 0.775. The Balaban J connectivity index is 1.77. The Bertz CT molecular complexity index is 961. The monoisotopic (exact) mass is 361 g/mol. The predicted octanol–water partition coefficient (Wildman–Crippen LogP) is 3.47. The van der Waals surface area contributed by atoms with Gasteiger partial charge in [-0.1, -0.05) is 18.2 Å². The second-order valence-electron chi connectivity index (χ2n) is 6.93. The maximum absolute atomic E-state index is 13.2. The van der Waals surface area contributed by atoms with Crippen molar-refractivity contribution < 1.29 is 9.53 Å². The molecule has 27 heavy (non-hydrogen) atoms. The maximum atomic E-state index is 13.2. The van der Waals surface area contributed by atoms with Gasteiger partial charge in [-0.25, -0.2) is 4.98 Å². The first-order valence-corrected chi connectivity index (χ1v) is 9.25. The van der Waals surface area contributed by atoms with Gasteiger partial charge in [0, 0.05) is 30.1 Å². The number of nitrogens with zero attached hydrogens (tertiary/aromatic N) is 2. The van der Waals surface area contributed by atoms with E-state index in [1.165, 1.54) is 0 Å². The Morgan fingerprint density at radius 1 is 1.11 bits per heavy atom. The van der Waals surface area contributed by atoms with Gasteiger partial charge in [-0.3, -0.25) is 4.79 Å². The zero-order valence-corrected chi connectivity index (χ0v) is 15.4. The third-order valence-electron chi connectivity index (χ3n) is 5.16. The molecule has 0 aliphatic carbocycles. The lowest BCUT2D eigenvalue weighted by Crippen LogP contribution is -2.42. The minimum atomic E-state index is 0.0512. The van der Waals surface area contributed by atoms with Gasteiger partial charge >= 0.3 is 0 Å². The van der Waals surface area contributed by atoms with Gasteiger partial charge in [0.15, 0.2) is 0 Å². The van der Waals surface area contributed by atoms with Gasteiger partial charge in [-0.15, -0.1) is 0 Å². The molecule has 0 radical (unpaired) electrons. The average molecular weight is 361 g/mol. The molecule has 0 atom stereocenters. The summed E-state index contributed by atoms with van der Waals surface area (Å²) in [5.41, 5.74) is 9.25. The van der Waals surface area contributed by atoms with Crippen molar-refractivity contribution in [2.45, 2.75) is 18.9 Å². The van der Waals surface area contributed by atoms with E-state index >= 15 is 0 Å². The number of carbonyl (C=O) groups excluding carboxylic acids is 1. The van der Waals surface area contributed by atoms with E-state index in [1.54, 1.807) is 7.11 Å². The SMILES string of the molecule is COc1ccc(-c2cc(C(=O)N3CCC(N)CC3)c3ccccc3n2)cc1. The Hall–Kier alpha value is -2.92. The summed E-state index contributed by atoms with van der Waals surface area (Å²) >= 11 is 0. The van der Waals surface area contributed by atoms with Crippen molar-refractivity contribution in [2.75, 3.05) is 20.2 Å². The second-order valence-corrected chi connectivity index (χ2v) is 6.93. The van der Waals surface area contributed by atoms with Crippen molar-refractivity contribution in [3.63, 3.8) is 0 Å². The van der Waals surface area contributed by atoms with Crippen LogP contribution in [0.1, 0.15) is 23.2 Å². The summed E-state index contributed by atoms with van der Waals surface area (Å²) in [6, 6.07) is 17.6. The molecule has 0 unspecified atom stereocenters. The van der Waals surface area contributed by atoms with Crippen LogP contribution in [0.25, 0.3) is 22.2 Å². The lowest BCUT2D eigenvalue weighted by molar-refractivity contribution is 0.0716. The highest BCUT2D eigenvalue weighted by atomic mass is 16.5. The molecule has 1 fully saturated rings. The molecule has 0 bridgehead atoms. The van der Waals surface area contributed by atoms with Gasteiger partial charge in [0.1, 0.15) is 5.75 Å². The van der Waals surface area contributed by atoms with E-state index in [0.717, 1.165) is 40.8 Å². The van der Waals surface area contributed by atoms with Crippen LogP contribution >= 0.6 is 0 Å². The number of hydrogen-bond donors (Lipinski definition) is 1. The standard InChI is InChI=1S/C22H23N3O2/c1-27-17-8-6-15(7-9-17)21-14-19(18-4-2-3-5-20(18)24-21)22(26)25-12-10-16(23)11-13-25/h2-9,14,16H,10-13,23H2,1H3. The number of pyridine rings is 1. The molecule has 5 nitrogen and oxygen atoms in total. The highest BCUT2D eigenvalue weighted by molar-refractivity contribution is 6.07. The molecule has 5 heteroatoms. The summed E-state index contributed by atoms with van der Waals surface area (Å²) in [6.45, 7) is 1.41.